The first kappa shape index (κ1) is 18.7. The van der Waals surface area contributed by atoms with E-state index in [1.165, 1.54) is 0 Å². The average Bonchev–Trinajstić information content (AvgIpc) is 2.45. The number of hydrogen-bond acceptors (Lipinski definition) is 0. The largest absolute Gasteiger partial charge is 0.372 e. The van der Waals surface area contributed by atoms with Gasteiger partial charge >= 0.3 is 12.0 Å². The van der Waals surface area contributed by atoms with Crippen LogP contribution in [-0.2, 0) is 0 Å². The normalized spacial score (nSPS) is 12.3. The number of hydrogen-bond donors (Lipinski definition) is 0. The summed E-state index contributed by atoms with van der Waals surface area (Å²) in [6, 6.07) is 9.16. The Bertz CT molecular complexity index is 609. The van der Waals surface area contributed by atoms with Crippen molar-refractivity contribution in [2.75, 3.05) is 0 Å². The van der Waals surface area contributed by atoms with Gasteiger partial charge in [-0.1, -0.05) is 55.1 Å². The molecule has 0 spiro atoms. The van der Waals surface area contributed by atoms with E-state index in [1.54, 1.807) is 0 Å². The summed E-state index contributed by atoms with van der Waals surface area (Å²) in [7, 11) is 0. The number of benzene rings is 2. The summed E-state index contributed by atoms with van der Waals surface area (Å²) in [5.41, 5.74) is 2.76. The van der Waals surface area contributed by atoms with E-state index in [4.69, 9.17) is 66.5 Å². The monoisotopic (exact) mass is 444 g/mol. The Morgan fingerprint density at radius 3 is 1.09 bits per heavy atom. The molecule has 0 bridgehead atoms. The summed E-state index contributed by atoms with van der Waals surface area (Å²) in [6.07, 6.45) is 0. The van der Waals surface area contributed by atoms with Gasteiger partial charge in [0.2, 0.25) is 0 Å². The van der Waals surface area contributed by atoms with Crippen molar-refractivity contribution >= 4 is 94.4 Å². The fraction of sp³-hybridized carbons (Fsp3) is 0. The molecule has 2 rings (SSSR count). The zero-order valence-electron chi connectivity index (χ0n) is 11.1. The molecule has 0 aliphatic carbocycles. The zero-order valence-corrected chi connectivity index (χ0v) is 17.6. The third-order valence-corrected chi connectivity index (χ3v) is 9.03. The first-order chi connectivity index (χ1) is 10.1. The van der Waals surface area contributed by atoms with Crippen LogP contribution in [0.4, 0.5) is 0 Å². The molecule has 0 aliphatic rings. The SMILES string of the molecule is C=C(c1ccc([Si](Cl)(Cl)Cl)cc1)c1ccc([Si](Cl)(Cl)Cl)cc1. The molecule has 0 aliphatic heterocycles. The van der Waals surface area contributed by atoms with Gasteiger partial charge in [0, 0.05) is 0 Å². The Kier molecular flexibility index (Phi) is 6.01. The summed E-state index contributed by atoms with van der Waals surface area (Å²) < 4.78 is 0. The molecule has 116 valence electrons. The third-order valence-electron chi connectivity index (χ3n) is 3.12. The van der Waals surface area contributed by atoms with Crippen molar-refractivity contribution in [1.82, 2.24) is 0 Å². The minimum atomic E-state index is -2.85. The fourth-order valence-electron chi connectivity index (χ4n) is 1.89. The van der Waals surface area contributed by atoms with Gasteiger partial charge in [-0.2, -0.15) is 0 Å². The maximum Gasteiger partial charge on any atom is 0.372 e. The average molecular weight is 447 g/mol. The Morgan fingerprint density at radius 1 is 0.591 bits per heavy atom. The van der Waals surface area contributed by atoms with Crippen molar-refractivity contribution in [3.05, 3.63) is 66.2 Å². The maximum absolute atomic E-state index is 5.98. The van der Waals surface area contributed by atoms with Crippen LogP contribution >= 0.6 is 66.5 Å². The minimum absolute atomic E-state index is 0.742. The first-order valence-electron chi connectivity index (χ1n) is 6.13. The first-order valence-corrected chi connectivity index (χ1v) is 16.2. The van der Waals surface area contributed by atoms with Crippen LogP contribution in [-0.4, -0.2) is 12.0 Å². The van der Waals surface area contributed by atoms with Crippen molar-refractivity contribution < 1.29 is 0 Å². The second-order valence-corrected chi connectivity index (χ2v) is 21.5. The molecule has 0 radical (unpaired) electrons. The lowest BCUT2D eigenvalue weighted by Crippen LogP contribution is -2.29. The van der Waals surface area contributed by atoms with Gasteiger partial charge in [0.25, 0.3) is 0 Å². The third kappa shape index (κ3) is 4.68. The highest BCUT2D eigenvalue weighted by atomic mass is 35.8. The molecule has 0 N–H and O–H groups in total. The Hall–Kier alpha value is 0.354. The van der Waals surface area contributed by atoms with Gasteiger partial charge in [-0.05, 0) is 27.1 Å². The van der Waals surface area contributed by atoms with Gasteiger partial charge in [0.05, 0.1) is 0 Å². The van der Waals surface area contributed by atoms with Gasteiger partial charge in [0.15, 0.2) is 0 Å². The molecule has 8 heteroatoms. The lowest BCUT2D eigenvalue weighted by Gasteiger charge is -2.12. The van der Waals surface area contributed by atoms with Crippen molar-refractivity contribution in [1.29, 1.82) is 0 Å². The van der Waals surface area contributed by atoms with Crippen LogP contribution < -0.4 is 10.4 Å². The topological polar surface area (TPSA) is 0 Å². The van der Waals surface area contributed by atoms with Gasteiger partial charge in [0.1, 0.15) is 0 Å². The van der Waals surface area contributed by atoms with Gasteiger partial charge in [-0.3, -0.25) is 0 Å². The molecule has 2 aromatic rings. The van der Waals surface area contributed by atoms with E-state index in [1.807, 2.05) is 48.5 Å². The van der Waals surface area contributed by atoms with Crippen molar-refractivity contribution in [2.24, 2.45) is 0 Å². The molecule has 0 fully saturated rings. The van der Waals surface area contributed by atoms with E-state index >= 15 is 0 Å². The van der Waals surface area contributed by atoms with E-state index in [0.29, 0.717) is 0 Å². The minimum Gasteiger partial charge on any atom is -0.121 e. The number of rotatable bonds is 4. The highest BCUT2D eigenvalue weighted by Gasteiger charge is 2.28. The van der Waals surface area contributed by atoms with Gasteiger partial charge in [-0.25, -0.2) is 0 Å². The number of halogens is 6. The Labute approximate surface area is 159 Å². The summed E-state index contributed by atoms with van der Waals surface area (Å²) in [5, 5.41) is 1.48. The van der Waals surface area contributed by atoms with Crippen LogP contribution in [0.5, 0.6) is 0 Å². The molecule has 0 amide bonds. The lowest BCUT2D eigenvalue weighted by atomic mass is 10.00. The molecule has 22 heavy (non-hydrogen) atoms. The maximum atomic E-state index is 5.98. The van der Waals surface area contributed by atoms with Crippen LogP contribution in [0.3, 0.4) is 0 Å². The van der Waals surface area contributed by atoms with E-state index in [0.717, 1.165) is 27.1 Å². The molecule has 0 nitrogen and oxygen atoms in total. The Balaban J connectivity index is 2.25. The summed E-state index contributed by atoms with van der Waals surface area (Å²) in [5.74, 6) is 0. The quantitative estimate of drug-likeness (QED) is 0.431. The van der Waals surface area contributed by atoms with Crippen LogP contribution in [0.1, 0.15) is 11.1 Å². The molecular weight excluding hydrogens is 437 g/mol. The van der Waals surface area contributed by atoms with Crippen molar-refractivity contribution in [3.8, 4) is 0 Å². The lowest BCUT2D eigenvalue weighted by molar-refractivity contribution is 1.58. The summed E-state index contributed by atoms with van der Waals surface area (Å²) >= 11 is 35.9. The van der Waals surface area contributed by atoms with Crippen LogP contribution in [0.25, 0.3) is 5.57 Å². The van der Waals surface area contributed by atoms with Crippen LogP contribution in [0.2, 0.25) is 0 Å². The van der Waals surface area contributed by atoms with Crippen LogP contribution in [0.15, 0.2) is 55.1 Å². The second kappa shape index (κ2) is 7.08. The van der Waals surface area contributed by atoms with E-state index in [-0.39, 0.29) is 0 Å². The highest BCUT2D eigenvalue weighted by molar-refractivity contribution is 7.70. The van der Waals surface area contributed by atoms with Gasteiger partial charge in [-0.15, -0.1) is 66.5 Å². The fourth-order valence-corrected chi connectivity index (χ4v) is 5.24. The summed E-state index contributed by atoms with van der Waals surface area (Å²) in [6.45, 7) is 4.10. The standard InChI is InChI=1S/C14H10Cl6Si2/c1-10(11-2-6-13(7-3-11)21(15,16)17)12-4-8-14(9-5-12)22(18,19)20/h2-9H,1H2. The van der Waals surface area contributed by atoms with Crippen LogP contribution in [0, 0.1) is 0 Å². The van der Waals surface area contributed by atoms with Crippen molar-refractivity contribution in [3.63, 3.8) is 0 Å². The molecular formula is C14H10Cl6Si2. The molecule has 0 atom stereocenters. The smallest absolute Gasteiger partial charge is 0.121 e. The molecule has 2 aromatic carbocycles. The predicted molar refractivity (Wildman–Crippen MR) is 107 cm³/mol. The predicted octanol–water partition coefficient (Wildman–Crippen LogP) is 5.47. The van der Waals surface area contributed by atoms with Crippen molar-refractivity contribution in [2.45, 2.75) is 0 Å². The Morgan fingerprint density at radius 2 is 0.864 bits per heavy atom. The molecule has 0 heterocycles. The zero-order chi connectivity index (χ0) is 16.5. The molecule has 0 aromatic heterocycles. The molecule has 0 unspecified atom stereocenters. The summed E-state index contributed by atoms with van der Waals surface area (Å²) in [4.78, 5) is 0. The molecule has 0 saturated heterocycles. The van der Waals surface area contributed by atoms with E-state index < -0.39 is 12.0 Å². The second-order valence-electron chi connectivity index (χ2n) is 4.63. The van der Waals surface area contributed by atoms with E-state index in [2.05, 4.69) is 6.58 Å². The van der Waals surface area contributed by atoms with Gasteiger partial charge < -0.3 is 0 Å². The van der Waals surface area contributed by atoms with E-state index in [9.17, 15) is 0 Å². The molecule has 0 saturated carbocycles. The highest BCUT2D eigenvalue weighted by Crippen LogP contribution is 2.25.